The molecular weight excluding hydrogens is 260 g/mol. The lowest BCUT2D eigenvalue weighted by Crippen LogP contribution is -2.47. The minimum atomic E-state index is -3.60. The Morgan fingerprint density at radius 3 is 2.67 bits per heavy atom. The number of ether oxygens (including phenoxy) is 1. The Morgan fingerprint density at radius 2 is 2.17 bits per heavy atom. The van der Waals surface area contributed by atoms with Crippen LogP contribution in [-0.4, -0.2) is 44.0 Å². The van der Waals surface area contributed by atoms with Crippen molar-refractivity contribution in [2.24, 2.45) is 0 Å². The molecule has 8 heteroatoms. The first-order valence-electron chi connectivity index (χ1n) is 5.49. The Hall–Kier alpha value is -1.17. The molecular formula is C10H18N2O5S. The average molecular weight is 278 g/mol. The zero-order valence-electron chi connectivity index (χ0n) is 10.5. The number of carbonyl (C=O) groups excluding carboxylic acids is 1. The number of aliphatic hydroxyl groups is 1. The van der Waals surface area contributed by atoms with Crippen molar-refractivity contribution in [2.45, 2.75) is 32.3 Å². The summed E-state index contributed by atoms with van der Waals surface area (Å²) in [6.07, 6.45) is 0.336. The number of nitrogens with one attached hydrogen (secondary N) is 1. The predicted octanol–water partition coefficient (Wildman–Crippen LogP) is -0.476. The third-order valence-corrected chi connectivity index (χ3v) is 3.46. The third-order valence-electron chi connectivity index (χ3n) is 2.05. The van der Waals surface area contributed by atoms with Crippen LogP contribution in [0.15, 0.2) is 0 Å². The molecule has 7 nitrogen and oxygen atoms in total. The van der Waals surface area contributed by atoms with E-state index in [9.17, 15) is 18.3 Å². The quantitative estimate of drug-likeness (QED) is 0.457. The van der Waals surface area contributed by atoms with E-state index in [1.165, 1.54) is 6.92 Å². The van der Waals surface area contributed by atoms with Crippen molar-refractivity contribution in [3.05, 3.63) is 0 Å². The standard InChI is InChI=1S/C10H18N2O5S/c1-3-17-9(13)10(2,14)8-12-18(15,16)7-5-4-6-11/h12,14H,3-5,7-8H2,1-2H3. The van der Waals surface area contributed by atoms with E-state index in [2.05, 4.69) is 9.46 Å². The SMILES string of the molecule is CCOC(=O)C(C)(O)CNS(=O)(=O)CCCC#N. The van der Waals surface area contributed by atoms with Gasteiger partial charge in [0, 0.05) is 13.0 Å². The number of nitrogens with zero attached hydrogens (tertiary/aromatic N) is 1. The molecule has 0 bridgehead atoms. The van der Waals surface area contributed by atoms with Crippen LogP contribution in [-0.2, 0) is 19.6 Å². The second-order valence-electron chi connectivity index (χ2n) is 3.90. The van der Waals surface area contributed by atoms with Crippen LogP contribution in [0, 0.1) is 11.3 Å². The number of hydrogen-bond acceptors (Lipinski definition) is 6. The van der Waals surface area contributed by atoms with Gasteiger partial charge in [-0.2, -0.15) is 5.26 Å². The molecule has 0 aliphatic heterocycles. The summed E-state index contributed by atoms with van der Waals surface area (Å²) in [4.78, 5) is 11.3. The minimum Gasteiger partial charge on any atom is -0.464 e. The number of rotatable bonds is 8. The van der Waals surface area contributed by atoms with Crippen molar-refractivity contribution >= 4 is 16.0 Å². The van der Waals surface area contributed by atoms with Crippen LogP contribution in [0.5, 0.6) is 0 Å². The Labute approximate surface area is 107 Å². The van der Waals surface area contributed by atoms with Gasteiger partial charge in [0.15, 0.2) is 5.60 Å². The number of unbranched alkanes of at least 4 members (excludes halogenated alkanes) is 1. The zero-order valence-corrected chi connectivity index (χ0v) is 11.3. The van der Waals surface area contributed by atoms with Crippen molar-refractivity contribution in [3.8, 4) is 6.07 Å². The molecule has 0 heterocycles. The summed E-state index contributed by atoms with van der Waals surface area (Å²) >= 11 is 0. The van der Waals surface area contributed by atoms with E-state index >= 15 is 0 Å². The zero-order chi connectivity index (χ0) is 14.2. The summed E-state index contributed by atoms with van der Waals surface area (Å²) in [7, 11) is -3.60. The number of esters is 1. The van der Waals surface area contributed by atoms with Crippen LogP contribution in [0.25, 0.3) is 0 Å². The first-order chi connectivity index (χ1) is 8.25. The van der Waals surface area contributed by atoms with Gasteiger partial charge in [-0.1, -0.05) is 0 Å². The molecule has 104 valence electrons. The Kier molecular flexibility index (Phi) is 6.83. The summed E-state index contributed by atoms with van der Waals surface area (Å²) in [6.45, 7) is 2.40. The molecule has 0 aromatic heterocycles. The van der Waals surface area contributed by atoms with E-state index < -0.39 is 28.1 Å². The van der Waals surface area contributed by atoms with Crippen molar-refractivity contribution < 1.29 is 23.1 Å². The maximum atomic E-state index is 11.4. The van der Waals surface area contributed by atoms with E-state index in [1.54, 1.807) is 6.92 Å². The van der Waals surface area contributed by atoms with Crippen LogP contribution in [0.3, 0.4) is 0 Å². The smallest absolute Gasteiger partial charge is 0.339 e. The molecule has 0 radical (unpaired) electrons. The summed E-state index contributed by atoms with van der Waals surface area (Å²) < 4.78 is 29.6. The molecule has 0 rings (SSSR count). The normalized spacial score (nSPS) is 14.6. The fourth-order valence-corrected chi connectivity index (χ4v) is 2.19. The molecule has 18 heavy (non-hydrogen) atoms. The van der Waals surface area contributed by atoms with E-state index in [4.69, 9.17) is 5.26 Å². The largest absolute Gasteiger partial charge is 0.464 e. The molecule has 0 aromatic rings. The second-order valence-corrected chi connectivity index (χ2v) is 5.82. The summed E-state index contributed by atoms with van der Waals surface area (Å²) in [5.74, 6) is -1.11. The van der Waals surface area contributed by atoms with Crippen LogP contribution in [0.1, 0.15) is 26.7 Å². The van der Waals surface area contributed by atoms with Gasteiger partial charge in [0.05, 0.1) is 18.4 Å². The fraction of sp³-hybridized carbons (Fsp3) is 0.800. The van der Waals surface area contributed by atoms with Gasteiger partial charge in [0.25, 0.3) is 0 Å². The van der Waals surface area contributed by atoms with Gasteiger partial charge in [-0.05, 0) is 20.3 Å². The first-order valence-corrected chi connectivity index (χ1v) is 7.14. The Bertz CT molecular complexity index is 410. The first kappa shape index (κ1) is 16.8. The third kappa shape index (κ3) is 6.54. The molecule has 0 aromatic carbocycles. The van der Waals surface area contributed by atoms with Gasteiger partial charge in [-0.15, -0.1) is 0 Å². The highest BCUT2D eigenvalue weighted by Crippen LogP contribution is 2.06. The van der Waals surface area contributed by atoms with Crippen molar-refractivity contribution in [1.29, 1.82) is 5.26 Å². The van der Waals surface area contributed by atoms with Gasteiger partial charge < -0.3 is 9.84 Å². The molecule has 2 N–H and O–H groups in total. The number of hydrogen-bond donors (Lipinski definition) is 2. The summed E-state index contributed by atoms with van der Waals surface area (Å²) in [5, 5.41) is 18.0. The maximum absolute atomic E-state index is 11.4. The number of sulfonamides is 1. The highest BCUT2D eigenvalue weighted by Gasteiger charge is 2.33. The molecule has 0 aliphatic carbocycles. The summed E-state index contributed by atoms with van der Waals surface area (Å²) in [5.41, 5.74) is -1.90. The number of nitriles is 1. The molecule has 0 saturated heterocycles. The highest BCUT2D eigenvalue weighted by molar-refractivity contribution is 7.89. The lowest BCUT2D eigenvalue weighted by atomic mass is 10.1. The molecule has 0 aliphatic rings. The van der Waals surface area contributed by atoms with Crippen LogP contribution >= 0.6 is 0 Å². The van der Waals surface area contributed by atoms with Crippen LogP contribution in [0.2, 0.25) is 0 Å². The Morgan fingerprint density at radius 1 is 1.56 bits per heavy atom. The fourth-order valence-electron chi connectivity index (χ4n) is 1.02. The molecule has 1 unspecified atom stereocenters. The molecule has 0 fully saturated rings. The Balaban J connectivity index is 4.30. The number of carbonyl (C=O) groups is 1. The molecule has 0 spiro atoms. The predicted molar refractivity (Wildman–Crippen MR) is 63.9 cm³/mol. The van der Waals surface area contributed by atoms with Gasteiger partial charge in [-0.25, -0.2) is 17.9 Å². The lowest BCUT2D eigenvalue weighted by molar-refractivity contribution is -0.162. The average Bonchev–Trinajstić information content (AvgIpc) is 2.27. The topological polar surface area (TPSA) is 116 Å². The monoisotopic (exact) mass is 278 g/mol. The van der Waals surface area contributed by atoms with Gasteiger partial charge in [0.2, 0.25) is 10.0 Å². The van der Waals surface area contributed by atoms with Crippen molar-refractivity contribution in [3.63, 3.8) is 0 Å². The van der Waals surface area contributed by atoms with Crippen LogP contribution in [0.4, 0.5) is 0 Å². The van der Waals surface area contributed by atoms with Crippen molar-refractivity contribution in [1.82, 2.24) is 4.72 Å². The highest BCUT2D eigenvalue weighted by atomic mass is 32.2. The van der Waals surface area contributed by atoms with E-state index in [-0.39, 0.29) is 25.2 Å². The van der Waals surface area contributed by atoms with E-state index in [0.29, 0.717) is 0 Å². The molecule has 1 atom stereocenters. The maximum Gasteiger partial charge on any atom is 0.339 e. The van der Waals surface area contributed by atoms with E-state index in [0.717, 1.165) is 0 Å². The van der Waals surface area contributed by atoms with Gasteiger partial charge in [-0.3, -0.25) is 0 Å². The summed E-state index contributed by atoms with van der Waals surface area (Å²) in [6, 6.07) is 1.83. The van der Waals surface area contributed by atoms with Gasteiger partial charge in [0.1, 0.15) is 0 Å². The lowest BCUT2D eigenvalue weighted by Gasteiger charge is -2.21. The molecule has 0 saturated carbocycles. The minimum absolute atomic E-state index is 0.101. The second kappa shape index (κ2) is 7.31. The van der Waals surface area contributed by atoms with Crippen LogP contribution < -0.4 is 4.72 Å². The van der Waals surface area contributed by atoms with Gasteiger partial charge >= 0.3 is 5.97 Å². The van der Waals surface area contributed by atoms with Crippen molar-refractivity contribution in [2.75, 3.05) is 18.9 Å². The molecule has 0 amide bonds. The van der Waals surface area contributed by atoms with E-state index in [1.807, 2.05) is 6.07 Å².